The van der Waals surface area contributed by atoms with E-state index >= 15 is 0 Å². The molecule has 0 radical (unpaired) electrons. The highest BCUT2D eigenvalue weighted by Crippen LogP contribution is 2.24. The molecule has 0 aromatic carbocycles. The third-order valence-electron chi connectivity index (χ3n) is 3.60. The zero-order valence-corrected chi connectivity index (χ0v) is 11.3. The summed E-state index contributed by atoms with van der Waals surface area (Å²) >= 11 is 0. The van der Waals surface area contributed by atoms with Gasteiger partial charge in [0, 0.05) is 19.7 Å². The third-order valence-corrected chi connectivity index (χ3v) is 3.60. The van der Waals surface area contributed by atoms with E-state index < -0.39 is 0 Å². The molecule has 2 aliphatic rings. The largest absolute Gasteiger partial charge is 0.373 e. The zero-order valence-electron chi connectivity index (χ0n) is 10.5. The van der Waals surface area contributed by atoms with Gasteiger partial charge in [-0.25, -0.2) is 0 Å². The van der Waals surface area contributed by atoms with Crippen molar-refractivity contribution in [2.45, 2.75) is 38.2 Å². The van der Waals surface area contributed by atoms with Gasteiger partial charge in [-0.15, -0.1) is 12.4 Å². The molecule has 2 atom stereocenters. The molecule has 4 nitrogen and oxygen atoms in total. The van der Waals surface area contributed by atoms with Crippen LogP contribution in [0.1, 0.15) is 32.6 Å². The Morgan fingerprint density at radius 2 is 2.35 bits per heavy atom. The molecule has 0 bridgehead atoms. The summed E-state index contributed by atoms with van der Waals surface area (Å²) in [6, 6.07) is 0. The Morgan fingerprint density at radius 3 is 2.94 bits per heavy atom. The van der Waals surface area contributed by atoms with Gasteiger partial charge in [0.25, 0.3) is 0 Å². The van der Waals surface area contributed by atoms with Crippen LogP contribution in [0.25, 0.3) is 0 Å². The molecule has 5 heteroatoms. The highest BCUT2D eigenvalue weighted by Gasteiger charge is 2.31. The number of carbonyl (C=O) groups excluding carboxylic acids is 1. The summed E-state index contributed by atoms with van der Waals surface area (Å²) in [5, 5.41) is 6.29. The van der Waals surface area contributed by atoms with Crippen LogP contribution >= 0.6 is 12.4 Å². The fraction of sp³-hybridized carbons (Fsp3) is 0.917. The highest BCUT2D eigenvalue weighted by atomic mass is 35.5. The van der Waals surface area contributed by atoms with Gasteiger partial charge in [-0.05, 0) is 39.2 Å². The van der Waals surface area contributed by atoms with Crippen LogP contribution in [0.15, 0.2) is 0 Å². The third kappa shape index (κ3) is 4.12. The molecule has 0 aliphatic carbocycles. The Bertz CT molecular complexity index is 249. The van der Waals surface area contributed by atoms with Gasteiger partial charge in [-0.3, -0.25) is 4.79 Å². The Hall–Kier alpha value is -0.320. The first kappa shape index (κ1) is 14.7. The van der Waals surface area contributed by atoms with Crippen LogP contribution < -0.4 is 10.6 Å². The normalized spacial score (nSPS) is 32.9. The minimum absolute atomic E-state index is 0. The van der Waals surface area contributed by atoms with Crippen LogP contribution in [0.2, 0.25) is 0 Å². The van der Waals surface area contributed by atoms with Gasteiger partial charge >= 0.3 is 0 Å². The van der Waals surface area contributed by atoms with Crippen molar-refractivity contribution in [2.24, 2.45) is 5.92 Å². The second-order valence-electron chi connectivity index (χ2n) is 5.16. The second kappa shape index (κ2) is 6.57. The predicted molar refractivity (Wildman–Crippen MR) is 69.4 cm³/mol. The van der Waals surface area contributed by atoms with E-state index in [0.717, 1.165) is 45.4 Å². The molecule has 1 unspecified atom stereocenters. The molecule has 1 amide bonds. The van der Waals surface area contributed by atoms with Crippen molar-refractivity contribution in [3.05, 3.63) is 0 Å². The summed E-state index contributed by atoms with van der Waals surface area (Å²) in [6.07, 6.45) is 4.27. The summed E-state index contributed by atoms with van der Waals surface area (Å²) in [7, 11) is 0. The molecular weight excluding hydrogens is 240 g/mol. The molecule has 2 heterocycles. The number of hydrogen-bond donors (Lipinski definition) is 2. The number of amides is 1. The maximum Gasteiger partial charge on any atom is 0.224 e. The number of carbonyl (C=O) groups is 1. The van der Waals surface area contributed by atoms with E-state index in [0.29, 0.717) is 6.54 Å². The van der Waals surface area contributed by atoms with Crippen molar-refractivity contribution in [3.63, 3.8) is 0 Å². The van der Waals surface area contributed by atoms with Crippen molar-refractivity contribution in [2.75, 3.05) is 26.2 Å². The summed E-state index contributed by atoms with van der Waals surface area (Å²) in [6.45, 7) is 5.44. The Labute approximate surface area is 109 Å². The summed E-state index contributed by atoms with van der Waals surface area (Å²) < 4.78 is 5.65. The molecule has 0 aromatic heterocycles. The smallest absolute Gasteiger partial charge is 0.224 e. The van der Waals surface area contributed by atoms with Crippen LogP contribution in [0.4, 0.5) is 0 Å². The minimum Gasteiger partial charge on any atom is -0.373 e. The molecular formula is C12H23ClN2O2. The van der Waals surface area contributed by atoms with Gasteiger partial charge < -0.3 is 15.4 Å². The summed E-state index contributed by atoms with van der Waals surface area (Å²) in [5.74, 6) is 0.336. The van der Waals surface area contributed by atoms with Gasteiger partial charge in [-0.2, -0.15) is 0 Å². The van der Waals surface area contributed by atoms with Crippen molar-refractivity contribution in [1.29, 1.82) is 0 Å². The van der Waals surface area contributed by atoms with Crippen LogP contribution in [0.5, 0.6) is 0 Å². The van der Waals surface area contributed by atoms with E-state index in [4.69, 9.17) is 4.74 Å². The zero-order chi connectivity index (χ0) is 11.4. The topological polar surface area (TPSA) is 50.4 Å². The Morgan fingerprint density at radius 1 is 1.53 bits per heavy atom. The van der Waals surface area contributed by atoms with Gasteiger partial charge in [0.1, 0.15) is 0 Å². The lowest BCUT2D eigenvalue weighted by Gasteiger charge is -2.26. The van der Waals surface area contributed by atoms with E-state index in [2.05, 4.69) is 17.6 Å². The number of ether oxygens (including phenoxy) is 1. The average molecular weight is 263 g/mol. The first-order chi connectivity index (χ1) is 7.70. The van der Waals surface area contributed by atoms with Crippen LogP contribution in [0.3, 0.4) is 0 Å². The van der Waals surface area contributed by atoms with Crippen molar-refractivity contribution in [1.82, 2.24) is 10.6 Å². The number of rotatable bonds is 3. The number of nitrogens with one attached hydrogen (secondary N) is 2. The molecule has 0 aromatic rings. The summed E-state index contributed by atoms with van der Waals surface area (Å²) in [4.78, 5) is 11.9. The molecule has 2 fully saturated rings. The van der Waals surface area contributed by atoms with Crippen molar-refractivity contribution >= 4 is 18.3 Å². The molecule has 0 saturated carbocycles. The maximum atomic E-state index is 11.9. The second-order valence-corrected chi connectivity index (χ2v) is 5.16. The maximum absolute atomic E-state index is 11.9. The summed E-state index contributed by atoms with van der Waals surface area (Å²) in [5.41, 5.74) is -0.127. The lowest BCUT2D eigenvalue weighted by atomic mass is 9.97. The first-order valence-electron chi connectivity index (χ1n) is 6.32. The highest BCUT2D eigenvalue weighted by molar-refractivity contribution is 5.85. The lowest BCUT2D eigenvalue weighted by molar-refractivity contribution is -0.126. The number of piperidine rings is 1. The van der Waals surface area contributed by atoms with Gasteiger partial charge in [0.05, 0.1) is 11.5 Å². The van der Waals surface area contributed by atoms with E-state index in [1.54, 1.807) is 0 Å². The molecule has 2 N–H and O–H groups in total. The van der Waals surface area contributed by atoms with Crippen molar-refractivity contribution in [3.8, 4) is 0 Å². The van der Waals surface area contributed by atoms with Gasteiger partial charge in [0.15, 0.2) is 0 Å². The number of hydrogen-bond acceptors (Lipinski definition) is 3. The quantitative estimate of drug-likeness (QED) is 0.801. The standard InChI is InChI=1S/C12H22N2O2.ClH/c1-12(5-3-7-16-12)9-14-11(15)10-4-2-6-13-8-10;/h10,13H,2-9H2,1H3,(H,14,15);1H/t10-,12?;/m1./s1. The predicted octanol–water partition coefficient (Wildman–Crippen LogP) is 1.09. The minimum atomic E-state index is -0.127. The van der Waals surface area contributed by atoms with Gasteiger partial charge in [0.2, 0.25) is 5.91 Å². The molecule has 17 heavy (non-hydrogen) atoms. The Balaban J connectivity index is 0.00000144. The molecule has 2 rings (SSSR count). The monoisotopic (exact) mass is 262 g/mol. The van der Waals surface area contributed by atoms with E-state index in [-0.39, 0.29) is 29.8 Å². The lowest BCUT2D eigenvalue weighted by Crippen LogP contribution is -2.45. The molecule has 2 aliphatic heterocycles. The van der Waals surface area contributed by atoms with Crippen LogP contribution in [-0.2, 0) is 9.53 Å². The fourth-order valence-electron chi connectivity index (χ4n) is 2.47. The van der Waals surface area contributed by atoms with Crippen LogP contribution in [0, 0.1) is 5.92 Å². The van der Waals surface area contributed by atoms with Crippen molar-refractivity contribution < 1.29 is 9.53 Å². The van der Waals surface area contributed by atoms with E-state index in [1.165, 1.54) is 0 Å². The average Bonchev–Trinajstić information content (AvgIpc) is 2.75. The molecule has 100 valence electrons. The fourth-order valence-corrected chi connectivity index (χ4v) is 2.47. The SMILES string of the molecule is CC1(CNC(=O)[C@@H]2CCCNC2)CCCO1.Cl. The van der Waals surface area contributed by atoms with Gasteiger partial charge in [-0.1, -0.05) is 0 Å². The molecule has 2 saturated heterocycles. The van der Waals surface area contributed by atoms with E-state index in [1.807, 2.05) is 0 Å². The van der Waals surface area contributed by atoms with E-state index in [9.17, 15) is 4.79 Å². The Kier molecular flexibility index (Phi) is 5.70. The number of halogens is 1. The molecule has 0 spiro atoms. The first-order valence-corrected chi connectivity index (χ1v) is 6.32. The van der Waals surface area contributed by atoms with Crippen LogP contribution in [-0.4, -0.2) is 37.7 Å².